The SMILES string of the molecule is C[C@H](C[C@H]1CC[C@@H]([C@H](C)C(=O)O)O1)O[Si](C)(C)C(C)(C)C. The van der Waals surface area contributed by atoms with Crippen molar-refractivity contribution in [2.75, 3.05) is 0 Å². The van der Waals surface area contributed by atoms with E-state index in [0.29, 0.717) is 0 Å². The Balaban J connectivity index is 2.47. The molecule has 4 atom stereocenters. The minimum Gasteiger partial charge on any atom is -0.481 e. The van der Waals surface area contributed by atoms with Gasteiger partial charge < -0.3 is 14.3 Å². The van der Waals surface area contributed by atoms with Gasteiger partial charge in [0.15, 0.2) is 8.32 Å². The van der Waals surface area contributed by atoms with Crippen LogP contribution >= 0.6 is 0 Å². The van der Waals surface area contributed by atoms with Crippen LogP contribution in [0.2, 0.25) is 18.1 Å². The first-order valence-electron chi connectivity index (χ1n) is 8.00. The third-order valence-corrected chi connectivity index (χ3v) is 9.59. The molecule has 0 aliphatic carbocycles. The van der Waals surface area contributed by atoms with Gasteiger partial charge in [-0.2, -0.15) is 0 Å². The first-order chi connectivity index (χ1) is 9.44. The fraction of sp³-hybridized carbons (Fsp3) is 0.938. The summed E-state index contributed by atoms with van der Waals surface area (Å²) >= 11 is 0. The monoisotopic (exact) mass is 316 g/mol. The predicted molar refractivity (Wildman–Crippen MR) is 87.1 cm³/mol. The van der Waals surface area contributed by atoms with Gasteiger partial charge in [-0.05, 0) is 51.2 Å². The van der Waals surface area contributed by atoms with Crippen LogP contribution in [0.1, 0.15) is 53.9 Å². The molecule has 21 heavy (non-hydrogen) atoms. The van der Waals surface area contributed by atoms with Crippen LogP contribution in [0.5, 0.6) is 0 Å². The molecule has 1 rings (SSSR count). The van der Waals surface area contributed by atoms with Crippen molar-refractivity contribution in [3.8, 4) is 0 Å². The number of aliphatic carboxylic acids is 1. The Morgan fingerprint density at radius 3 is 2.38 bits per heavy atom. The maximum atomic E-state index is 11.0. The molecule has 0 bridgehead atoms. The smallest absolute Gasteiger partial charge is 0.308 e. The summed E-state index contributed by atoms with van der Waals surface area (Å²) in [5.74, 6) is -1.20. The van der Waals surface area contributed by atoms with E-state index in [1.165, 1.54) is 0 Å². The summed E-state index contributed by atoms with van der Waals surface area (Å²) in [5.41, 5.74) is 0. The van der Waals surface area contributed by atoms with Gasteiger partial charge in [0.1, 0.15) is 0 Å². The highest BCUT2D eigenvalue weighted by Gasteiger charge is 2.39. The number of rotatable bonds is 6. The molecule has 1 aliphatic rings. The molecule has 0 radical (unpaired) electrons. The molecule has 1 N–H and O–H groups in total. The zero-order valence-electron chi connectivity index (χ0n) is 14.6. The normalized spacial score (nSPS) is 26.6. The number of carboxylic acids is 1. The molecular weight excluding hydrogens is 284 g/mol. The van der Waals surface area contributed by atoms with Crippen molar-refractivity contribution in [3.05, 3.63) is 0 Å². The summed E-state index contributed by atoms with van der Waals surface area (Å²) in [4.78, 5) is 11.0. The molecule has 0 aromatic rings. The molecule has 0 aromatic heterocycles. The minimum absolute atomic E-state index is 0.136. The maximum Gasteiger partial charge on any atom is 0.308 e. The molecule has 1 saturated heterocycles. The number of hydrogen-bond acceptors (Lipinski definition) is 3. The summed E-state index contributed by atoms with van der Waals surface area (Å²) < 4.78 is 12.3. The molecule has 4 nitrogen and oxygen atoms in total. The molecule has 1 heterocycles. The molecule has 0 amide bonds. The van der Waals surface area contributed by atoms with E-state index in [0.717, 1.165) is 19.3 Å². The van der Waals surface area contributed by atoms with E-state index in [1.54, 1.807) is 6.92 Å². The van der Waals surface area contributed by atoms with E-state index in [-0.39, 0.29) is 23.4 Å². The van der Waals surface area contributed by atoms with Crippen molar-refractivity contribution in [2.45, 2.75) is 90.3 Å². The largest absolute Gasteiger partial charge is 0.481 e. The third kappa shape index (κ3) is 5.08. The summed E-state index contributed by atoms with van der Waals surface area (Å²) in [6, 6.07) is 0. The van der Waals surface area contributed by atoms with Gasteiger partial charge in [0.05, 0.1) is 18.1 Å². The molecule has 1 aliphatic heterocycles. The molecule has 0 aromatic carbocycles. The van der Waals surface area contributed by atoms with Crippen LogP contribution in [0.4, 0.5) is 0 Å². The molecule has 1 fully saturated rings. The highest BCUT2D eigenvalue weighted by atomic mass is 28.4. The highest BCUT2D eigenvalue weighted by Crippen LogP contribution is 2.38. The Morgan fingerprint density at radius 2 is 1.90 bits per heavy atom. The van der Waals surface area contributed by atoms with E-state index in [2.05, 4.69) is 40.8 Å². The van der Waals surface area contributed by atoms with Crippen LogP contribution in [-0.4, -0.2) is 37.7 Å². The molecule has 0 saturated carbocycles. The number of ether oxygens (including phenoxy) is 1. The molecule has 0 unspecified atom stereocenters. The second-order valence-electron chi connectivity index (χ2n) is 7.93. The summed E-state index contributed by atoms with van der Waals surface area (Å²) in [6.45, 7) is 15.1. The topological polar surface area (TPSA) is 55.8 Å². The van der Waals surface area contributed by atoms with E-state index >= 15 is 0 Å². The van der Waals surface area contributed by atoms with Crippen molar-refractivity contribution in [2.24, 2.45) is 5.92 Å². The fourth-order valence-corrected chi connectivity index (χ4v) is 3.99. The van der Waals surface area contributed by atoms with Crippen molar-refractivity contribution in [3.63, 3.8) is 0 Å². The summed E-state index contributed by atoms with van der Waals surface area (Å²) in [5, 5.41) is 9.26. The second-order valence-corrected chi connectivity index (χ2v) is 12.7. The number of carboxylic acid groups (broad SMARTS) is 1. The van der Waals surface area contributed by atoms with Crippen molar-refractivity contribution < 1.29 is 19.1 Å². The Hall–Kier alpha value is -0.393. The molecule has 124 valence electrons. The van der Waals surface area contributed by atoms with Gasteiger partial charge in [0.25, 0.3) is 0 Å². The van der Waals surface area contributed by atoms with E-state index < -0.39 is 20.2 Å². The Morgan fingerprint density at radius 1 is 1.33 bits per heavy atom. The van der Waals surface area contributed by atoms with Crippen LogP contribution in [0.25, 0.3) is 0 Å². The van der Waals surface area contributed by atoms with Gasteiger partial charge in [-0.3, -0.25) is 4.79 Å². The van der Waals surface area contributed by atoms with Crippen LogP contribution in [0.3, 0.4) is 0 Å². The lowest BCUT2D eigenvalue weighted by Gasteiger charge is -2.39. The molecule has 0 spiro atoms. The van der Waals surface area contributed by atoms with Crippen molar-refractivity contribution in [1.29, 1.82) is 0 Å². The minimum atomic E-state index is -1.75. The zero-order valence-corrected chi connectivity index (χ0v) is 15.6. The van der Waals surface area contributed by atoms with E-state index in [1.807, 2.05) is 0 Å². The Bertz CT molecular complexity index is 362. The average Bonchev–Trinajstić information content (AvgIpc) is 2.73. The number of hydrogen-bond donors (Lipinski definition) is 1. The van der Waals surface area contributed by atoms with Gasteiger partial charge in [-0.15, -0.1) is 0 Å². The standard InChI is InChI=1S/C16H32O4Si/c1-11(20-21(6,7)16(3,4)5)10-13-8-9-14(19-13)12(2)15(17)18/h11-14H,8-10H2,1-7H3,(H,17,18)/t11-,12+,13-,14+/m1/s1. The van der Waals surface area contributed by atoms with Crippen LogP contribution in [0, 0.1) is 5.92 Å². The fourth-order valence-electron chi connectivity index (χ4n) is 2.53. The lowest BCUT2D eigenvalue weighted by atomic mass is 10.0. The van der Waals surface area contributed by atoms with E-state index in [9.17, 15) is 4.79 Å². The lowest BCUT2D eigenvalue weighted by molar-refractivity contribution is -0.146. The lowest BCUT2D eigenvalue weighted by Crippen LogP contribution is -2.44. The van der Waals surface area contributed by atoms with Gasteiger partial charge in [0, 0.05) is 6.10 Å². The molecular formula is C16H32O4Si. The van der Waals surface area contributed by atoms with Gasteiger partial charge in [-0.25, -0.2) is 0 Å². The van der Waals surface area contributed by atoms with Gasteiger partial charge in [-0.1, -0.05) is 20.8 Å². The molecule has 5 heteroatoms. The zero-order chi connectivity index (χ0) is 16.4. The highest BCUT2D eigenvalue weighted by molar-refractivity contribution is 6.74. The number of carbonyl (C=O) groups is 1. The Kier molecular flexibility index (Phi) is 6.04. The second kappa shape index (κ2) is 6.80. The maximum absolute atomic E-state index is 11.0. The average molecular weight is 317 g/mol. The predicted octanol–water partition coefficient (Wildman–Crippen LogP) is 4.06. The first-order valence-corrected chi connectivity index (χ1v) is 10.9. The van der Waals surface area contributed by atoms with Crippen molar-refractivity contribution >= 4 is 14.3 Å². The van der Waals surface area contributed by atoms with Crippen molar-refractivity contribution in [1.82, 2.24) is 0 Å². The Labute approximate surface area is 130 Å². The van der Waals surface area contributed by atoms with Crippen LogP contribution in [-0.2, 0) is 14.0 Å². The first kappa shape index (κ1) is 18.7. The summed E-state index contributed by atoms with van der Waals surface area (Å²) in [6.07, 6.45) is 2.78. The van der Waals surface area contributed by atoms with Gasteiger partial charge >= 0.3 is 5.97 Å². The van der Waals surface area contributed by atoms with E-state index in [4.69, 9.17) is 14.3 Å². The van der Waals surface area contributed by atoms with Gasteiger partial charge in [0.2, 0.25) is 0 Å². The quantitative estimate of drug-likeness (QED) is 0.751. The van der Waals surface area contributed by atoms with Crippen LogP contribution < -0.4 is 0 Å². The van der Waals surface area contributed by atoms with Crippen LogP contribution in [0.15, 0.2) is 0 Å². The third-order valence-electron chi connectivity index (χ3n) is 4.98. The summed E-state index contributed by atoms with van der Waals surface area (Å²) in [7, 11) is -1.75.